The Morgan fingerprint density at radius 1 is 0.281 bits per heavy atom. The summed E-state index contributed by atoms with van der Waals surface area (Å²) >= 11 is 15.1. The number of phosphoric acid groups is 4. The minimum absolute atomic E-state index is 0. The number of hydrogen-bond acceptors (Lipinski definition) is 23. The molecule has 36 heteroatoms. The van der Waals surface area contributed by atoms with Crippen LogP contribution in [-0.4, -0.2) is 64.0 Å². The first-order valence-electron chi connectivity index (χ1n) is 45.5. The van der Waals surface area contributed by atoms with Crippen molar-refractivity contribution in [1.82, 2.24) is 6.15 Å². The standard InChI is InChI=1S/C28H37O5PSi.C22H20ClO5P.C22H21O6P.C14H15O4P.C14H24O2Si.C8H10O2.CH2Cl2.CH4.H3N.H2O.H3P/c1-28(2,3)35(4,5)33-23-27-19-13-12-18-26(27)22-32-34(29,30-20-24-14-8-6-9-15-24)31-21-25-16-10-7-11-17-25;2*23-22(24)21-14-8-7-13-20(21)17-28-29(25,26-15-18-9-3-1-4-10-18)27-16-19-11-5-2-6-12-19;15-19(16,17-11-13-7-3-1-4-8-13)18-12-14-9-5-2-6-10-14;1-14(2,3)17(4,5)16-11-13-9-7-6-8-12(13)10-15;9-5-7-3-1-2-4-8(7)6-10;2-1-3;;;;/h6-19H,20-23H2,1-5H3;1-14H,15-17H2;1-14H,15-17H2,(H,23,24);1-10H,11-12H2,(H,15,16);6-9,15H,10-11H2,1-5H3;1-4,9-10H,5-6H2;1H2;1H4;1H3;1H2;1H3. The van der Waals surface area contributed by atoms with E-state index in [0.29, 0.717) is 24.3 Å². The lowest BCUT2D eigenvalue weighted by Gasteiger charge is -2.36. The summed E-state index contributed by atoms with van der Waals surface area (Å²) in [7, 11) is -19.4. The zero-order chi connectivity index (χ0) is 103. The second kappa shape index (κ2) is 69.3. The number of benzene rings is 13. The summed E-state index contributed by atoms with van der Waals surface area (Å²) < 4.78 is 125. The molecule has 0 spiro atoms. The molecule has 0 bridgehead atoms. The van der Waals surface area contributed by atoms with E-state index in [-0.39, 0.29) is 148 Å². The quantitative estimate of drug-likeness (QED) is 0.00894. The van der Waals surface area contributed by atoms with Crippen LogP contribution in [0.1, 0.15) is 159 Å². The van der Waals surface area contributed by atoms with Crippen LogP contribution in [0.25, 0.3) is 0 Å². The molecule has 10 N–H and O–H groups in total. The van der Waals surface area contributed by atoms with Gasteiger partial charge in [-0.25, -0.2) is 23.1 Å². The Labute approximate surface area is 881 Å². The van der Waals surface area contributed by atoms with Gasteiger partial charge in [0.05, 0.1) is 117 Å². The first-order chi connectivity index (χ1) is 67.9. The maximum Gasteiger partial charge on any atom is 0.475 e. The number of phosphoric ester groups is 4. The fraction of sp³-hybridized carbons (Fsp3) is 0.273. The number of hydrogen-bond donors (Lipinski definition) is 6. The number of carboxylic acids is 1. The first kappa shape index (κ1) is 131. The Balaban J connectivity index is 0.000000459. The number of aliphatic hydroxyl groups is 3. The molecule has 0 aliphatic rings. The van der Waals surface area contributed by atoms with Crippen LogP contribution in [0.15, 0.2) is 364 Å². The van der Waals surface area contributed by atoms with Gasteiger partial charge in [-0.2, -0.15) is 9.90 Å². The summed E-state index contributed by atoms with van der Waals surface area (Å²) in [6.45, 7) is 23.7. The molecule has 1 atom stereocenters. The lowest BCUT2D eigenvalue weighted by atomic mass is 10.1. The highest BCUT2D eigenvalue weighted by molar-refractivity contribution is 7.49. The first-order valence-corrected chi connectivity index (χ1v) is 58.6. The van der Waals surface area contributed by atoms with Crippen LogP contribution >= 0.6 is 76.0 Å². The summed E-state index contributed by atoms with van der Waals surface area (Å²) in [6.07, 6.45) is 0. The van der Waals surface area contributed by atoms with Gasteiger partial charge in [-0.3, -0.25) is 54.6 Å². The highest BCUT2D eigenvalue weighted by atomic mass is 35.5. The molecule has 0 amide bonds. The molecule has 1 unspecified atom stereocenters. The minimum Gasteiger partial charge on any atom is -0.478 e. The molecular formula is C110H141Cl3NO25P5Si2. The van der Waals surface area contributed by atoms with Crippen molar-refractivity contribution in [3.05, 3.63) is 464 Å². The van der Waals surface area contributed by atoms with Gasteiger partial charge in [0.1, 0.15) is 0 Å². The van der Waals surface area contributed by atoms with Crippen LogP contribution in [0.5, 0.6) is 0 Å². The van der Waals surface area contributed by atoms with Gasteiger partial charge >= 0.3 is 37.3 Å². The van der Waals surface area contributed by atoms with E-state index in [1.54, 1.807) is 54.6 Å². The van der Waals surface area contributed by atoms with Crippen molar-refractivity contribution in [3.8, 4) is 0 Å². The van der Waals surface area contributed by atoms with Crippen LogP contribution in [0.3, 0.4) is 0 Å². The molecule has 0 fully saturated rings. The second-order valence-electron chi connectivity index (χ2n) is 34.6. The molecule has 13 aromatic rings. The van der Waals surface area contributed by atoms with E-state index in [1.807, 2.05) is 303 Å². The SMILES string of the molecule is C.CC(C)(C)[Si](C)(C)OCc1ccccc1CO.CC(C)(C)[Si](C)(C)OCc1ccccc1COP(=O)(OCc1ccccc1)OCc1ccccc1.ClCCl.N.O.O=C(Cl)c1ccccc1COP(=O)(OCc1ccccc1)OCc1ccccc1.O=C(O)c1ccccc1COP(=O)(OCc1ccccc1)OCc1ccccc1.O=P(O)(OCc1ccccc1)OCc1ccccc1.OCc1ccccc1CO.P. The van der Waals surface area contributed by atoms with Crippen molar-refractivity contribution in [2.75, 3.05) is 5.34 Å². The number of halogens is 3. The van der Waals surface area contributed by atoms with Crippen LogP contribution in [-0.2, 0) is 183 Å². The Bertz CT molecular complexity index is 5630. The molecule has 13 rings (SSSR count). The summed E-state index contributed by atoms with van der Waals surface area (Å²) in [6, 6.07) is 111. The van der Waals surface area contributed by atoms with Crippen LogP contribution in [0.2, 0.25) is 36.3 Å². The van der Waals surface area contributed by atoms with E-state index in [0.717, 1.165) is 77.9 Å². The van der Waals surface area contributed by atoms with Crippen molar-refractivity contribution < 1.29 is 117 Å². The lowest BCUT2D eigenvalue weighted by molar-refractivity contribution is 0.0686. The van der Waals surface area contributed by atoms with Gasteiger partial charge in [0.2, 0.25) is 0 Å². The van der Waals surface area contributed by atoms with Gasteiger partial charge in [-0.15, -0.1) is 23.2 Å². The zero-order valence-corrected chi connectivity index (χ0v) is 92.8. The number of rotatable bonds is 44. The van der Waals surface area contributed by atoms with Crippen molar-refractivity contribution in [3.63, 3.8) is 0 Å². The number of alkyl halides is 2. The lowest BCUT2D eigenvalue weighted by Crippen LogP contribution is -2.40. The third-order valence-corrected chi connectivity index (χ3v) is 36.2. The van der Waals surface area contributed by atoms with Crippen molar-refractivity contribution in [2.45, 2.75) is 191 Å². The molecule has 13 aromatic carbocycles. The Morgan fingerprint density at radius 3 is 0.664 bits per heavy atom. The van der Waals surface area contributed by atoms with Gasteiger partial charge in [0.15, 0.2) is 16.6 Å². The van der Waals surface area contributed by atoms with E-state index >= 15 is 0 Å². The zero-order valence-electron chi connectivity index (χ0n) is 83.5. The second-order valence-corrected chi connectivity index (χ2v) is 51.8. The van der Waals surface area contributed by atoms with Gasteiger partial charge in [-0.05, 0) is 149 Å². The third-order valence-electron chi connectivity index (χ3n) is 22.1. The summed E-state index contributed by atoms with van der Waals surface area (Å²) in [5, 5.41) is 36.0. The third kappa shape index (κ3) is 50.0. The monoisotopic (exact) mass is 2190 g/mol. The summed E-state index contributed by atoms with van der Waals surface area (Å²) in [4.78, 5) is 32.5. The molecule has 0 radical (unpaired) electrons. The van der Waals surface area contributed by atoms with Crippen LogP contribution < -0.4 is 6.15 Å². The highest BCUT2D eigenvalue weighted by Gasteiger charge is 2.39. The molecule has 0 heterocycles. The van der Waals surface area contributed by atoms with E-state index in [2.05, 4.69) is 67.7 Å². The number of aliphatic hydroxyl groups excluding tert-OH is 3. The minimum atomic E-state index is -4.02. The van der Waals surface area contributed by atoms with Crippen molar-refractivity contribution in [2.24, 2.45) is 0 Å². The number of carbonyl (C=O) groups excluding carboxylic acids is 1. The largest absolute Gasteiger partial charge is 0.478 e. The van der Waals surface area contributed by atoms with Crippen LogP contribution in [0, 0.1) is 0 Å². The molecule has 146 heavy (non-hydrogen) atoms. The van der Waals surface area contributed by atoms with E-state index in [4.69, 9.17) is 104 Å². The number of carbonyl (C=O) groups is 2. The van der Waals surface area contributed by atoms with Gasteiger partial charge in [0, 0.05) is 5.56 Å². The molecule has 26 nitrogen and oxygen atoms in total. The predicted octanol–water partition coefficient (Wildman–Crippen LogP) is 29.2. The van der Waals surface area contributed by atoms with E-state index in [9.17, 15) is 43.0 Å². The van der Waals surface area contributed by atoms with E-state index in [1.165, 1.54) is 6.07 Å². The molecular weight excluding hydrogens is 2050 g/mol. The van der Waals surface area contributed by atoms with Crippen molar-refractivity contribution >= 4 is 104 Å². The smallest absolute Gasteiger partial charge is 0.475 e. The number of carboxylic acid groups (broad SMARTS) is 1. The Hall–Kier alpha value is -9.11. The van der Waals surface area contributed by atoms with Gasteiger partial charge in [0.25, 0.3) is 5.24 Å². The molecule has 0 aromatic heterocycles. The molecule has 0 aliphatic carbocycles. The maximum absolute atomic E-state index is 13.6. The molecule has 0 saturated heterocycles. The predicted molar refractivity (Wildman–Crippen MR) is 591 cm³/mol. The average molecular weight is 2190 g/mol. The van der Waals surface area contributed by atoms with Crippen molar-refractivity contribution in [1.29, 1.82) is 0 Å². The maximum atomic E-state index is 13.6. The number of aromatic carboxylic acids is 1. The van der Waals surface area contributed by atoms with Crippen LogP contribution in [0.4, 0.5) is 0 Å². The molecule has 0 aliphatic heterocycles. The average Bonchev–Trinajstić information content (AvgIpc) is 0.839. The molecule has 0 saturated carbocycles. The van der Waals surface area contributed by atoms with Gasteiger partial charge < -0.3 is 45.8 Å². The Kier molecular flexibility index (Phi) is 62.2. The molecule has 790 valence electrons. The highest BCUT2D eigenvalue weighted by Crippen LogP contribution is 2.55. The fourth-order valence-electron chi connectivity index (χ4n) is 11.8. The summed E-state index contributed by atoms with van der Waals surface area (Å²) in [5.74, 6) is -1.09. The normalized spacial score (nSPS) is 11.3. The van der Waals surface area contributed by atoms with Gasteiger partial charge in [-0.1, -0.05) is 401 Å². The topological polar surface area (TPSA) is 390 Å². The fourth-order valence-corrected chi connectivity index (χ4v) is 18.0. The Morgan fingerprint density at radius 2 is 0.445 bits per heavy atom. The summed E-state index contributed by atoms with van der Waals surface area (Å²) in [5.41, 5.74) is 13.5. The van der Waals surface area contributed by atoms with E-state index < -0.39 is 59.1 Å².